The first-order chi connectivity index (χ1) is 11.2. The van der Waals surface area contributed by atoms with Gasteiger partial charge in [0.25, 0.3) is 0 Å². The van der Waals surface area contributed by atoms with Crippen LogP contribution in [0.3, 0.4) is 0 Å². The van der Waals surface area contributed by atoms with Crippen molar-refractivity contribution in [3.63, 3.8) is 0 Å². The molecular formula is C19H26BNO3. The molecule has 0 aromatic heterocycles. The highest BCUT2D eigenvalue weighted by atomic mass is 16.7. The van der Waals surface area contributed by atoms with Gasteiger partial charge in [0.2, 0.25) is 0 Å². The lowest BCUT2D eigenvalue weighted by molar-refractivity contribution is -0.118. The molecule has 1 aromatic rings. The van der Waals surface area contributed by atoms with Crippen LogP contribution in [0.5, 0.6) is 0 Å². The van der Waals surface area contributed by atoms with E-state index in [2.05, 4.69) is 11.4 Å². The first-order valence-corrected chi connectivity index (χ1v) is 8.62. The Kier molecular flexibility index (Phi) is 4.35. The van der Waals surface area contributed by atoms with Gasteiger partial charge < -0.3 is 14.6 Å². The molecule has 4 nitrogen and oxygen atoms in total. The van der Waals surface area contributed by atoms with E-state index in [1.54, 1.807) is 0 Å². The lowest BCUT2D eigenvalue weighted by Crippen LogP contribution is -2.41. The first-order valence-electron chi connectivity index (χ1n) is 8.62. The van der Waals surface area contributed by atoms with Crippen molar-refractivity contribution < 1.29 is 14.1 Å². The maximum Gasteiger partial charge on any atom is 0.487 e. The number of hydrogen-bond donors (Lipinski definition) is 1. The molecule has 2 aliphatic rings. The molecule has 128 valence electrons. The number of carbonyl (C=O) groups excluding carboxylic acids is 1. The smallest absolute Gasteiger partial charge is 0.400 e. The molecule has 0 amide bonds. The highest BCUT2D eigenvalue weighted by Crippen LogP contribution is 2.37. The second-order valence-corrected chi connectivity index (χ2v) is 7.83. The van der Waals surface area contributed by atoms with Crippen molar-refractivity contribution in [3.05, 3.63) is 35.3 Å². The summed E-state index contributed by atoms with van der Waals surface area (Å²) >= 11 is 0. The average molecular weight is 327 g/mol. The summed E-state index contributed by atoms with van der Waals surface area (Å²) in [7, 11) is -0.365. The van der Waals surface area contributed by atoms with Crippen LogP contribution in [0.1, 0.15) is 52.2 Å². The Morgan fingerprint density at radius 2 is 1.88 bits per heavy atom. The summed E-state index contributed by atoms with van der Waals surface area (Å²) in [5.41, 5.74) is 2.48. The van der Waals surface area contributed by atoms with Gasteiger partial charge in [-0.05, 0) is 45.7 Å². The van der Waals surface area contributed by atoms with Gasteiger partial charge in [-0.1, -0.05) is 30.3 Å². The third kappa shape index (κ3) is 3.28. The summed E-state index contributed by atoms with van der Waals surface area (Å²) in [6, 6.07) is 6.21. The normalized spacial score (nSPS) is 25.5. The van der Waals surface area contributed by atoms with E-state index in [-0.39, 0.29) is 30.1 Å². The molecule has 1 aromatic carbocycles. The summed E-state index contributed by atoms with van der Waals surface area (Å²) in [5.74, 6) is 2.23. The number of benzene rings is 1. The van der Waals surface area contributed by atoms with Crippen molar-refractivity contribution >= 4 is 24.7 Å². The third-order valence-electron chi connectivity index (χ3n) is 5.20. The molecule has 5 heteroatoms. The van der Waals surface area contributed by atoms with Gasteiger partial charge in [0.1, 0.15) is 5.78 Å². The van der Waals surface area contributed by atoms with Crippen molar-refractivity contribution in [3.8, 4) is 0 Å². The van der Waals surface area contributed by atoms with Crippen LogP contribution >= 0.6 is 0 Å². The van der Waals surface area contributed by atoms with E-state index < -0.39 is 0 Å². The van der Waals surface area contributed by atoms with Crippen molar-refractivity contribution in [2.24, 2.45) is 0 Å². The molecule has 24 heavy (non-hydrogen) atoms. The van der Waals surface area contributed by atoms with E-state index in [4.69, 9.17) is 9.31 Å². The summed E-state index contributed by atoms with van der Waals surface area (Å²) in [5, 5.41) is 3.48. The molecule has 3 rings (SSSR count). The van der Waals surface area contributed by atoms with Crippen LogP contribution in [-0.4, -0.2) is 30.1 Å². The van der Waals surface area contributed by atoms with Crippen LogP contribution in [0.4, 0.5) is 5.69 Å². The van der Waals surface area contributed by atoms with E-state index in [1.165, 1.54) is 0 Å². The number of carbonyl (C=O) groups is 1. The first kappa shape index (κ1) is 17.2. The second kappa shape index (κ2) is 6.05. The molecule has 1 fully saturated rings. The number of para-hydroxylation sites is 1. The second-order valence-electron chi connectivity index (χ2n) is 7.83. The van der Waals surface area contributed by atoms with E-state index in [9.17, 15) is 4.79 Å². The molecule has 2 aliphatic heterocycles. The van der Waals surface area contributed by atoms with Gasteiger partial charge in [-0.2, -0.15) is 0 Å². The molecule has 0 bridgehead atoms. The molecular weight excluding hydrogens is 301 g/mol. The number of hydrogen-bond acceptors (Lipinski definition) is 4. The van der Waals surface area contributed by atoms with Crippen molar-refractivity contribution in [2.45, 2.75) is 64.7 Å². The Bertz CT molecular complexity index is 665. The number of anilines is 1. The fourth-order valence-electron chi connectivity index (χ4n) is 3.16. The number of nitrogens with one attached hydrogen (secondary N) is 1. The average Bonchev–Trinajstić information content (AvgIpc) is 2.57. The number of rotatable bonds is 2. The van der Waals surface area contributed by atoms with Crippen molar-refractivity contribution in [1.82, 2.24) is 0 Å². The zero-order chi connectivity index (χ0) is 17.5. The molecule has 2 heterocycles. The summed E-state index contributed by atoms with van der Waals surface area (Å²) in [6.07, 6.45) is 3.08. The van der Waals surface area contributed by atoms with Gasteiger partial charge in [0, 0.05) is 24.6 Å². The van der Waals surface area contributed by atoms with Gasteiger partial charge >= 0.3 is 7.12 Å². The fourth-order valence-corrected chi connectivity index (χ4v) is 3.16. The molecule has 1 N–H and O–H groups in total. The minimum absolute atomic E-state index is 0.144. The molecule has 0 saturated carbocycles. The van der Waals surface area contributed by atoms with Crippen molar-refractivity contribution in [2.75, 3.05) is 5.32 Å². The predicted octanol–water partition coefficient (Wildman–Crippen LogP) is 3.65. The van der Waals surface area contributed by atoms with Crippen LogP contribution in [-0.2, 0) is 20.5 Å². The van der Waals surface area contributed by atoms with E-state index in [0.29, 0.717) is 12.8 Å². The Morgan fingerprint density at radius 3 is 2.54 bits per heavy atom. The highest BCUT2D eigenvalue weighted by Gasteiger charge is 2.50. The summed E-state index contributed by atoms with van der Waals surface area (Å²) in [4.78, 5) is 12.0. The van der Waals surface area contributed by atoms with E-state index in [0.717, 1.165) is 16.8 Å². The Hall–Kier alpha value is -1.59. The molecule has 1 atom stereocenters. The number of fused-ring (bicyclic) bond motifs is 1. The topological polar surface area (TPSA) is 47.6 Å². The lowest BCUT2D eigenvalue weighted by Gasteiger charge is -2.32. The van der Waals surface area contributed by atoms with Crippen LogP contribution in [0.15, 0.2) is 24.2 Å². The van der Waals surface area contributed by atoms with Crippen LogP contribution in [0, 0.1) is 0 Å². The maximum absolute atomic E-state index is 12.0. The number of Topliss-reactive ketones (excluding diaryl/α,β-unsaturated/α-hetero) is 1. The molecule has 0 radical (unpaired) electrons. The zero-order valence-corrected chi connectivity index (χ0v) is 15.2. The van der Waals surface area contributed by atoms with Crippen molar-refractivity contribution in [1.29, 1.82) is 0 Å². The quantitative estimate of drug-likeness (QED) is 0.843. The van der Waals surface area contributed by atoms with Gasteiger partial charge in [0.05, 0.1) is 11.2 Å². The van der Waals surface area contributed by atoms with Crippen LogP contribution in [0.2, 0.25) is 0 Å². The highest BCUT2D eigenvalue weighted by molar-refractivity contribution is 6.52. The van der Waals surface area contributed by atoms with E-state index >= 15 is 0 Å². The fraction of sp³-hybridized carbons (Fsp3) is 0.526. The predicted molar refractivity (Wildman–Crippen MR) is 98.0 cm³/mol. The summed E-state index contributed by atoms with van der Waals surface area (Å²) in [6.45, 7) is 10.2. The van der Waals surface area contributed by atoms with E-state index in [1.807, 2.05) is 58.8 Å². The third-order valence-corrected chi connectivity index (χ3v) is 5.20. The number of ketones is 1. The Balaban J connectivity index is 1.84. The molecule has 0 spiro atoms. The van der Waals surface area contributed by atoms with Gasteiger partial charge in [-0.25, -0.2) is 0 Å². The molecule has 1 saturated heterocycles. The monoisotopic (exact) mass is 327 g/mol. The molecule has 0 aliphatic carbocycles. The standard InChI is InChI=1S/C19H26BNO3/c1-13-11-16(22)12-15-8-6-7-14(17(15)21-13)9-10-20-23-18(2,3)19(4,5)24-20/h6-10,13,21H,11-12H2,1-5H3/b10-9+/t13-/m1/s1. The maximum atomic E-state index is 12.0. The minimum Gasteiger partial charge on any atom is -0.400 e. The van der Waals surface area contributed by atoms with Gasteiger partial charge in [-0.15, -0.1) is 0 Å². The largest absolute Gasteiger partial charge is 0.487 e. The summed E-state index contributed by atoms with van der Waals surface area (Å²) < 4.78 is 12.0. The molecule has 0 unspecified atom stereocenters. The SMILES string of the molecule is C[C@@H]1CC(=O)Cc2cccc(/C=C/B3OC(C)(C)C(C)(C)O3)c2N1. The van der Waals surface area contributed by atoms with Crippen LogP contribution in [0.25, 0.3) is 6.08 Å². The van der Waals surface area contributed by atoms with Crippen LogP contribution < -0.4 is 5.32 Å². The zero-order valence-electron chi connectivity index (χ0n) is 15.2. The van der Waals surface area contributed by atoms with Gasteiger partial charge in [-0.3, -0.25) is 4.79 Å². The minimum atomic E-state index is -0.365. The Labute approximate surface area is 144 Å². The van der Waals surface area contributed by atoms with Gasteiger partial charge in [0.15, 0.2) is 0 Å². The Morgan fingerprint density at radius 1 is 1.21 bits per heavy atom. The lowest BCUT2D eigenvalue weighted by atomic mass is 9.88.